The normalized spacial score (nSPS) is 23.1. The molecule has 3 atom stereocenters. The van der Waals surface area contributed by atoms with Crippen molar-refractivity contribution >= 4 is 5.97 Å². The summed E-state index contributed by atoms with van der Waals surface area (Å²) in [6.45, 7) is 6.56. The number of esters is 1. The van der Waals surface area contributed by atoms with Gasteiger partial charge in [0.25, 0.3) is 0 Å². The van der Waals surface area contributed by atoms with E-state index in [0.717, 1.165) is 25.7 Å². The van der Waals surface area contributed by atoms with Crippen molar-refractivity contribution in [3.05, 3.63) is 12.2 Å². The third kappa shape index (κ3) is 4.50. The van der Waals surface area contributed by atoms with Crippen LogP contribution in [0.4, 0.5) is 0 Å². The Morgan fingerprint density at radius 3 is 2.76 bits per heavy atom. The Labute approximate surface area is 105 Å². The first-order valence-electron chi connectivity index (χ1n) is 6.76. The van der Waals surface area contributed by atoms with Gasteiger partial charge in [0, 0.05) is 6.04 Å². The monoisotopic (exact) mass is 239 g/mol. The second-order valence-electron chi connectivity index (χ2n) is 4.75. The molecule has 1 N–H and O–H groups in total. The van der Waals surface area contributed by atoms with E-state index in [2.05, 4.69) is 31.3 Å². The van der Waals surface area contributed by atoms with Crippen molar-refractivity contribution in [3.8, 4) is 0 Å². The van der Waals surface area contributed by atoms with E-state index in [4.69, 9.17) is 4.74 Å². The predicted octanol–water partition coefficient (Wildman–Crippen LogP) is 2.66. The Morgan fingerprint density at radius 2 is 2.24 bits per heavy atom. The SMILES string of the molecule is CCOC(=O)C(NC(C)CC)C1CC=CCC1. The topological polar surface area (TPSA) is 38.3 Å². The zero-order valence-corrected chi connectivity index (χ0v) is 11.2. The van der Waals surface area contributed by atoms with Crippen LogP contribution in [0, 0.1) is 5.92 Å². The fourth-order valence-electron chi connectivity index (χ4n) is 2.17. The van der Waals surface area contributed by atoms with Crippen LogP contribution in [0.1, 0.15) is 46.5 Å². The number of rotatable bonds is 6. The van der Waals surface area contributed by atoms with Crippen molar-refractivity contribution in [1.82, 2.24) is 5.32 Å². The molecule has 0 aromatic heterocycles. The number of ether oxygens (including phenoxy) is 1. The van der Waals surface area contributed by atoms with E-state index in [1.807, 2.05) is 6.92 Å². The second kappa shape index (κ2) is 7.49. The zero-order chi connectivity index (χ0) is 12.7. The molecule has 0 aromatic rings. The first-order valence-corrected chi connectivity index (χ1v) is 6.76. The fourth-order valence-corrected chi connectivity index (χ4v) is 2.17. The van der Waals surface area contributed by atoms with Crippen LogP contribution in [-0.2, 0) is 9.53 Å². The Balaban J connectivity index is 2.63. The van der Waals surface area contributed by atoms with Crippen molar-refractivity contribution in [2.24, 2.45) is 5.92 Å². The van der Waals surface area contributed by atoms with Crippen molar-refractivity contribution < 1.29 is 9.53 Å². The number of nitrogens with one attached hydrogen (secondary N) is 1. The summed E-state index contributed by atoms with van der Waals surface area (Å²) in [7, 11) is 0. The van der Waals surface area contributed by atoms with Crippen LogP contribution in [0.3, 0.4) is 0 Å². The Bertz CT molecular complexity index is 263. The minimum Gasteiger partial charge on any atom is -0.465 e. The molecule has 0 spiro atoms. The molecule has 0 radical (unpaired) electrons. The van der Waals surface area contributed by atoms with Gasteiger partial charge in [-0.15, -0.1) is 0 Å². The molecule has 1 rings (SSSR count). The van der Waals surface area contributed by atoms with E-state index in [1.54, 1.807) is 0 Å². The van der Waals surface area contributed by atoms with Gasteiger partial charge in [0.2, 0.25) is 0 Å². The maximum atomic E-state index is 12.0. The molecule has 0 fully saturated rings. The largest absolute Gasteiger partial charge is 0.465 e. The average molecular weight is 239 g/mol. The van der Waals surface area contributed by atoms with Gasteiger partial charge in [-0.25, -0.2) is 0 Å². The lowest BCUT2D eigenvalue weighted by Gasteiger charge is -2.29. The molecule has 17 heavy (non-hydrogen) atoms. The molecule has 0 amide bonds. The van der Waals surface area contributed by atoms with E-state index in [9.17, 15) is 4.79 Å². The van der Waals surface area contributed by atoms with Gasteiger partial charge >= 0.3 is 5.97 Å². The summed E-state index contributed by atoms with van der Waals surface area (Å²) in [5.74, 6) is 0.293. The van der Waals surface area contributed by atoms with E-state index >= 15 is 0 Å². The molecule has 0 heterocycles. The first kappa shape index (κ1) is 14.2. The third-order valence-electron chi connectivity index (χ3n) is 3.40. The van der Waals surface area contributed by atoms with Gasteiger partial charge in [0.1, 0.15) is 6.04 Å². The van der Waals surface area contributed by atoms with Crippen LogP contribution >= 0.6 is 0 Å². The quantitative estimate of drug-likeness (QED) is 0.572. The highest BCUT2D eigenvalue weighted by molar-refractivity contribution is 5.76. The fraction of sp³-hybridized carbons (Fsp3) is 0.786. The Kier molecular flexibility index (Phi) is 6.27. The molecule has 3 unspecified atom stereocenters. The van der Waals surface area contributed by atoms with Crippen molar-refractivity contribution in [3.63, 3.8) is 0 Å². The van der Waals surface area contributed by atoms with E-state index in [-0.39, 0.29) is 12.0 Å². The van der Waals surface area contributed by atoms with Gasteiger partial charge in [-0.2, -0.15) is 0 Å². The molecule has 0 saturated heterocycles. The molecule has 0 aliphatic heterocycles. The summed E-state index contributed by atoms with van der Waals surface area (Å²) in [6.07, 6.45) is 8.53. The van der Waals surface area contributed by atoms with Crippen LogP contribution < -0.4 is 5.32 Å². The van der Waals surface area contributed by atoms with Gasteiger partial charge < -0.3 is 10.1 Å². The molecule has 0 aromatic carbocycles. The summed E-state index contributed by atoms with van der Waals surface area (Å²) in [5, 5.41) is 3.41. The molecule has 3 heteroatoms. The molecule has 3 nitrogen and oxygen atoms in total. The van der Waals surface area contributed by atoms with E-state index in [1.165, 1.54) is 0 Å². The highest BCUT2D eigenvalue weighted by Gasteiger charge is 2.30. The molecule has 1 aliphatic rings. The number of allylic oxidation sites excluding steroid dienone is 2. The molecule has 0 saturated carbocycles. The smallest absolute Gasteiger partial charge is 0.323 e. The zero-order valence-electron chi connectivity index (χ0n) is 11.2. The van der Waals surface area contributed by atoms with Crippen LogP contribution in [0.25, 0.3) is 0 Å². The van der Waals surface area contributed by atoms with Gasteiger partial charge in [0.05, 0.1) is 6.61 Å². The average Bonchev–Trinajstić information content (AvgIpc) is 2.36. The standard InChI is InChI=1S/C14H25NO2/c1-4-11(3)15-13(14(16)17-5-2)12-9-7-6-8-10-12/h6-7,11-13,15H,4-5,8-10H2,1-3H3. The maximum Gasteiger partial charge on any atom is 0.323 e. The van der Waals surface area contributed by atoms with E-state index < -0.39 is 0 Å². The number of hydrogen-bond acceptors (Lipinski definition) is 3. The van der Waals surface area contributed by atoms with Crippen LogP contribution in [0.15, 0.2) is 12.2 Å². The van der Waals surface area contributed by atoms with Crippen LogP contribution in [0.2, 0.25) is 0 Å². The lowest BCUT2D eigenvalue weighted by molar-refractivity contribution is -0.147. The van der Waals surface area contributed by atoms with Gasteiger partial charge in [0.15, 0.2) is 0 Å². The predicted molar refractivity (Wildman–Crippen MR) is 69.8 cm³/mol. The minimum absolute atomic E-state index is 0.0897. The van der Waals surface area contributed by atoms with Crippen molar-refractivity contribution in [1.29, 1.82) is 0 Å². The van der Waals surface area contributed by atoms with Crippen molar-refractivity contribution in [2.45, 2.75) is 58.5 Å². The summed E-state index contributed by atoms with van der Waals surface area (Å²) in [5.41, 5.74) is 0. The van der Waals surface area contributed by atoms with Crippen LogP contribution in [0.5, 0.6) is 0 Å². The van der Waals surface area contributed by atoms with Gasteiger partial charge in [-0.3, -0.25) is 4.79 Å². The highest BCUT2D eigenvalue weighted by atomic mass is 16.5. The maximum absolute atomic E-state index is 12.0. The van der Waals surface area contributed by atoms with Gasteiger partial charge in [-0.1, -0.05) is 19.1 Å². The first-order chi connectivity index (χ1) is 8.19. The van der Waals surface area contributed by atoms with Gasteiger partial charge in [-0.05, 0) is 45.4 Å². The summed E-state index contributed by atoms with van der Waals surface area (Å²) in [4.78, 5) is 12.0. The number of carbonyl (C=O) groups excluding carboxylic acids is 1. The molecule has 0 bridgehead atoms. The molecule has 1 aliphatic carbocycles. The Morgan fingerprint density at radius 1 is 1.47 bits per heavy atom. The summed E-state index contributed by atoms with van der Waals surface area (Å²) < 4.78 is 5.18. The number of carbonyl (C=O) groups is 1. The molecular weight excluding hydrogens is 214 g/mol. The summed E-state index contributed by atoms with van der Waals surface area (Å²) >= 11 is 0. The second-order valence-corrected chi connectivity index (χ2v) is 4.75. The molecule has 98 valence electrons. The van der Waals surface area contributed by atoms with E-state index in [0.29, 0.717) is 18.6 Å². The third-order valence-corrected chi connectivity index (χ3v) is 3.40. The van der Waals surface area contributed by atoms with Crippen molar-refractivity contribution in [2.75, 3.05) is 6.61 Å². The molecular formula is C14H25NO2. The lowest BCUT2D eigenvalue weighted by atomic mass is 9.87. The number of hydrogen-bond donors (Lipinski definition) is 1. The summed E-state index contributed by atoms with van der Waals surface area (Å²) in [6, 6.07) is 0.213. The lowest BCUT2D eigenvalue weighted by Crippen LogP contribution is -2.47. The minimum atomic E-state index is -0.144. The Hall–Kier alpha value is -0.830. The van der Waals surface area contributed by atoms with Crippen LogP contribution in [-0.4, -0.2) is 24.7 Å². The highest BCUT2D eigenvalue weighted by Crippen LogP contribution is 2.23.